The number of hydrogen-bond acceptors (Lipinski definition) is 3. The van der Waals surface area contributed by atoms with Crippen LogP contribution in [0.5, 0.6) is 0 Å². The van der Waals surface area contributed by atoms with Gasteiger partial charge in [-0.05, 0) is 28.8 Å². The summed E-state index contributed by atoms with van der Waals surface area (Å²) in [6, 6.07) is 7.96. The second kappa shape index (κ2) is 7.26. The van der Waals surface area contributed by atoms with Gasteiger partial charge in [-0.15, -0.1) is 11.3 Å². The first-order chi connectivity index (χ1) is 10.5. The van der Waals surface area contributed by atoms with Gasteiger partial charge in [0.25, 0.3) is 0 Å². The highest BCUT2D eigenvalue weighted by Crippen LogP contribution is 2.25. The van der Waals surface area contributed by atoms with Gasteiger partial charge in [-0.25, -0.2) is 4.79 Å². The first-order valence-corrected chi connectivity index (χ1v) is 8.04. The zero-order chi connectivity index (χ0) is 16.1. The van der Waals surface area contributed by atoms with E-state index in [0.717, 1.165) is 6.42 Å². The summed E-state index contributed by atoms with van der Waals surface area (Å²) in [7, 11) is 1.61. The van der Waals surface area contributed by atoms with E-state index < -0.39 is 11.9 Å². The van der Waals surface area contributed by atoms with Crippen molar-refractivity contribution in [1.29, 1.82) is 0 Å². The van der Waals surface area contributed by atoms with Crippen molar-refractivity contribution in [2.24, 2.45) is 5.92 Å². The molecule has 22 heavy (non-hydrogen) atoms. The lowest BCUT2D eigenvalue weighted by atomic mass is 10.1. The smallest absolute Gasteiger partial charge is 0.317 e. The van der Waals surface area contributed by atoms with E-state index in [0.29, 0.717) is 6.54 Å². The quantitative estimate of drug-likeness (QED) is 0.860. The molecule has 2 N–H and O–H groups in total. The number of carbonyl (C=O) groups is 2. The van der Waals surface area contributed by atoms with E-state index in [2.05, 4.69) is 22.8 Å². The number of hydrogen-bond donors (Lipinski definition) is 2. The molecule has 6 heteroatoms. The van der Waals surface area contributed by atoms with Gasteiger partial charge >= 0.3 is 12.0 Å². The number of benzene rings is 1. The van der Waals surface area contributed by atoms with Crippen LogP contribution in [0, 0.1) is 5.92 Å². The van der Waals surface area contributed by atoms with Crippen LogP contribution in [0.1, 0.15) is 12.5 Å². The van der Waals surface area contributed by atoms with Crippen molar-refractivity contribution in [3.63, 3.8) is 0 Å². The van der Waals surface area contributed by atoms with Gasteiger partial charge < -0.3 is 15.3 Å². The minimum atomic E-state index is -0.899. The molecule has 5 nitrogen and oxygen atoms in total. The van der Waals surface area contributed by atoms with Crippen molar-refractivity contribution >= 4 is 33.4 Å². The van der Waals surface area contributed by atoms with Crippen molar-refractivity contribution in [2.75, 3.05) is 20.1 Å². The van der Waals surface area contributed by atoms with Gasteiger partial charge in [0.05, 0.1) is 5.92 Å². The molecule has 0 spiro atoms. The Hall–Kier alpha value is -2.08. The highest BCUT2D eigenvalue weighted by atomic mass is 32.1. The van der Waals surface area contributed by atoms with E-state index in [4.69, 9.17) is 5.11 Å². The molecule has 1 heterocycles. The molecule has 0 fully saturated rings. The van der Waals surface area contributed by atoms with Crippen LogP contribution >= 0.6 is 11.3 Å². The van der Waals surface area contributed by atoms with Crippen LogP contribution in [0.4, 0.5) is 4.79 Å². The number of nitrogens with zero attached hydrogens (tertiary/aromatic N) is 1. The average molecular weight is 320 g/mol. The molecule has 0 aliphatic rings. The summed E-state index contributed by atoms with van der Waals surface area (Å²) in [5.74, 6) is -1.47. The molecule has 2 rings (SSSR count). The number of nitrogens with one attached hydrogen (secondary N) is 1. The van der Waals surface area contributed by atoms with Crippen molar-refractivity contribution in [3.8, 4) is 0 Å². The number of aliphatic carboxylic acids is 1. The Morgan fingerprint density at radius 1 is 1.36 bits per heavy atom. The van der Waals surface area contributed by atoms with E-state index in [1.807, 2.05) is 12.1 Å². The van der Waals surface area contributed by atoms with Crippen molar-refractivity contribution in [1.82, 2.24) is 10.2 Å². The van der Waals surface area contributed by atoms with Gasteiger partial charge in [-0.1, -0.05) is 25.1 Å². The summed E-state index contributed by atoms with van der Waals surface area (Å²) < 4.78 is 1.25. The molecule has 1 aromatic carbocycles. The Balaban J connectivity index is 1.83. The second-order valence-electron chi connectivity index (χ2n) is 5.36. The third-order valence-corrected chi connectivity index (χ3v) is 4.56. The van der Waals surface area contributed by atoms with E-state index >= 15 is 0 Å². The number of rotatable bonds is 6. The standard InChI is InChI=1S/C16H20N2O3S/c1-11(15(19)20)9-18(2)16(21)17-8-7-12-10-22-14-6-4-3-5-13(12)14/h3-6,10-11H,7-9H2,1-2H3,(H,17,21)(H,19,20). The van der Waals surface area contributed by atoms with E-state index in [1.165, 1.54) is 20.5 Å². The molecule has 0 aliphatic carbocycles. The summed E-state index contributed by atoms with van der Waals surface area (Å²) >= 11 is 1.70. The predicted molar refractivity (Wildman–Crippen MR) is 88.4 cm³/mol. The highest BCUT2D eigenvalue weighted by Gasteiger charge is 2.17. The SMILES string of the molecule is CC(CN(C)C(=O)NCCc1csc2ccccc12)C(=O)O. The van der Waals surface area contributed by atoms with Crippen LogP contribution in [-0.2, 0) is 11.2 Å². The monoisotopic (exact) mass is 320 g/mol. The molecule has 1 unspecified atom stereocenters. The van der Waals surface area contributed by atoms with Crippen molar-refractivity contribution in [2.45, 2.75) is 13.3 Å². The highest BCUT2D eigenvalue weighted by molar-refractivity contribution is 7.17. The minimum absolute atomic E-state index is 0.197. The number of carboxylic acids is 1. The molecule has 1 aromatic heterocycles. The number of urea groups is 1. The zero-order valence-electron chi connectivity index (χ0n) is 12.7. The second-order valence-corrected chi connectivity index (χ2v) is 6.27. The average Bonchev–Trinajstić information content (AvgIpc) is 2.90. The lowest BCUT2D eigenvalue weighted by Gasteiger charge is -2.19. The van der Waals surface area contributed by atoms with Crippen LogP contribution in [0.3, 0.4) is 0 Å². The number of fused-ring (bicyclic) bond motifs is 1. The minimum Gasteiger partial charge on any atom is -0.481 e. The molecule has 1 atom stereocenters. The first kappa shape index (κ1) is 16.3. The Morgan fingerprint density at radius 2 is 2.09 bits per heavy atom. The summed E-state index contributed by atoms with van der Waals surface area (Å²) in [6.45, 7) is 2.32. The molecular weight excluding hydrogens is 300 g/mol. The fourth-order valence-electron chi connectivity index (χ4n) is 2.24. The fourth-order valence-corrected chi connectivity index (χ4v) is 3.23. The lowest BCUT2D eigenvalue weighted by Crippen LogP contribution is -2.41. The molecule has 2 amide bonds. The van der Waals surface area contributed by atoms with Crippen LogP contribution in [0.15, 0.2) is 29.6 Å². The Bertz CT molecular complexity index is 668. The Kier molecular flexibility index (Phi) is 5.38. The van der Waals surface area contributed by atoms with Crippen LogP contribution in [-0.4, -0.2) is 42.1 Å². The summed E-state index contributed by atoms with van der Waals surface area (Å²) in [5, 5.41) is 15.0. The molecule has 0 aliphatic heterocycles. The molecule has 0 saturated carbocycles. The maximum absolute atomic E-state index is 11.9. The molecule has 0 radical (unpaired) electrons. The maximum atomic E-state index is 11.9. The zero-order valence-corrected chi connectivity index (χ0v) is 13.5. The van der Waals surface area contributed by atoms with Gasteiger partial charge in [0.15, 0.2) is 0 Å². The van der Waals surface area contributed by atoms with Crippen LogP contribution < -0.4 is 5.32 Å². The van der Waals surface area contributed by atoms with Crippen LogP contribution in [0.25, 0.3) is 10.1 Å². The van der Waals surface area contributed by atoms with Crippen molar-refractivity contribution in [3.05, 3.63) is 35.2 Å². The molecule has 0 bridgehead atoms. The predicted octanol–water partition coefficient (Wildman–Crippen LogP) is 2.81. The van der Waals surface area contributed by atoms with E-state index in [-0.39, 0.29) is 12.6 Å². The molecule has 2 aromatic rings. The van der Waals surface area contributed by atoms with Gasteiger partial charge in [-0.2, -0.15) is 0 Å². The van der Waals surface area contributed by atoms with Crippen LogP contribution in [0.2, 0.25) is 0 Å². The number of amides is 2. The van der Waals surface area contributed by atoms with Gasteiger partial charge in [0, 0.05) is 24.8 Å². The Labute approximate surface area is 133 Å². The van der Waals surface area contributed by atoms with Gasteiger partial charge in [0.1, 0.15) is 0 Å². The normalized spacial score (nSPS) is 12.1. The topological polar surface area (TPSA) is 69.6 Å². The molecule has 118 valence electrons. The number of thiophene rings is 1. The van der Waals surface area contributed by atoms with E-state index in [9.17, 15) is 9.59 Å². The number of carbonyl (C=O) groups excluding carboxylic acids is 1. The Morgan fingerprint density at radius 3 is 2.82 bits per heavy atom. The third-order valence-electron chi connectivity index (χ3n) is 3.55. The largest absolute Gasteiger partial charge is 0.481 e. The molecule has 0 saturated heterocycles. The van der Waals surface area contributed by atoms with Gasteiger partial charge in [-0.3, -0.25) is 4.79 Å². The summed E-state index contributed by atoms with van der Waals surface area (Å²) in [5.41, 5.74) is 1.22. The lowest BCUT2D eigenvalue weighted by molar-refractivity contribution is -0.141. The molecular formula is C16H20N2O3S. The summed E-state index contributed by atoms with van der Waals surface area (Å²) in [4.78, 5) is 24.1. The number of carboxylic acid groups (broad SMARTS) is 1. The van der Waals surface area contributed by atoms with E-state index in [1.54, 1.807) is 25.3 Å². The first-order valence-electron chi connectivity index (χ1n) is 7.16. The third kappa shape index (κ3) is 3.98. The summed E-state index contributed by atoms with van der Waals surface area (Å²) in [6.07, 6.45) is 0.762. The van der Waals surface area contributed by atoms with Gasteiger partial charge in [0.2, 0.25) is 0 Å². The van der Waals surface area contributed by atoms with Crippen molar-refractivity contribution < 1.29 is 14.7 Å². The fraction of sp³-hybridized carbons (Fsp3) is 0.375. The maximum Gasteiger partial charge on any atom is 0.317 e.